The van der Waals surface area contributed by atoms with E-state index in [1.165, 1.54) is 79.8 Å². The number of nitrogens with two attached hydrogens (primary N) is 1. The van der Waals surface area contributed by atoms with E-state index >= 15 is 4.79 Å². The van der Waals surface area contributed by atoms with Gasteiger partial charge in [-0.05, 0) is 97.9 Å². The van der Waals surface area contributed by atoms with Crippen LogP contribution in [0.4, 0.5) is 5.69 Å². The monoisotopic (exact) mass is 1350 g/mol. The number of amides is 10. The highest BCUT2D eigenvalue weighted by molar-refractivity contribution is 14.1. The second kappa shape index (κ2) is 27.8. The Hall–Kier alpha value is -7.99. The molecular formula is C60H81IN12O16. The van der Waals surface area contributed by atoms with Crippen LogP contribution in [0.3, 0.4) is 0 Å². The van der Waals surface area contributed by atoms with Crippen molar-refractivity contribution >= 4 is 110 Å². The Morgan fingerprint density at radius 2 is 1.06 bits per heavy atom. The van der Waals surface area contributed by atoms with Gasteiger partial charge in [0.05, 0.1) is 29.9 Å². The van der Waals surface area contributed by atoms with Gasteiger partial charge in [0.2, 0.25) is 52.7 Å². The molecule has 4 fully saturated rings. The van der Waals surface area contributed by atoms with Gasteiger partial charge in [0.15, 0.2) is 11.3 Å². The summed E-state index contributed by atoms with van der Waals surface area (Å²) in [7, 11) is 5.58. The molecule has 7 rings (SSSR count). The number of nitrogens with zero attached hydrogens (tertiary/aromatic N) is 7. The third-order valence-electron chi connectivity index (χ3n) is 16.9. The summed E-state index contributed by atoms with van der Waals surface area (Å²) < 4.78 is 18.0. The second-order valence-corrected chi connectivity index (χ2v) is 25.9. The lowest BCUT2D eigenvalue weighted by Gasteiger charge is -2.36. The van der Waals surface area contributed by atoms with Crippen molar-refractivity contribution in [1.29, 1.82) is 0 Å². The number of hydrogen-bond donors (Lipinski definition) is 5. The maximum Gasteiger partial charge on any atom is 0.329 e. The van der Waals surface area contributed by atoms with Crippen LogP contribution in [0.5, 0.6) is 0 Å². The number of fused-ring (bicyclic) bond motifs is 4. The van der Waals surface area contributed by atoms with E-state index in [0.717, 1.165) is 9.80 Å². The van der Waals surface area contributed by atoms with Crippen LogP contribution in [-0.4, -0.2) is 220 Å². The second-order valence-electron chi connectivity index (χ2n) is 24.8. The fourth-order valence-corrected chi connectivity index (χ4v) is 12.6. The molecule has 1 aromatic rings. The van der Waals surface area contributed by atoms with Crippen molar-refractivity contribution in [1.82, 2.24) is 55.7 Å². The zero-order valence-electron chi connectivity index (χ0n) is 52.6. The van der Waals surface area contributed by atoms with Crippen molar-refractivity contribution in [3.63, 3.8) is 0 Å². The fraction of sp³-hybridized carbons (Fsp3) is 0.600. The van der Waals surface area contributed by atoms with Crippen LogP contribution in [0, 0.1) is 27.2 Å². The molecule has 6 N–H and O–H groups in total. The number of carbonyl (C=O) groups is 12. The molecule has 1 aromatic carbocycles. The average molecular weight is 1350 g/mol. The third kappa shape index (κ3) is 14.1. The maximum absolute atomic E-state index is 15.1. The van der Waals surface area contributed by atoms with Crippen LogP contribution in [-0.2, 0) is 57.4 Å². The third-order valence-corrected chi connectivity index (χ3v) is 17.9. The molecule has 28 nitrogen and oxygen atoms in total. The van der Waals surface area contributed by atoms with Gasteiger partial charge in [0.1, 0.15) is 75.3 Å². The minimum absolute atomic E-state index is 0.127. The van der Waals surface area contributed by atoms with E-state index in [0.29, 0.717) is 12.8 Å². The van der Waals surface area contributed by atoms with Gasteiger partial charge < -0.3 is 70.3 Å². The summed E-state index contributed by atoms with van der Waals surface area (Å²) in [5, 5.41) is 10.6. The van der Waals surface area contributed by atoms with Crippen LogP contribution >= 0.6 is 22.6 Å². The number of nitrogens with one attached hydrogen (secondary N) is 4. The first-order valence-corrected chi connectivity index (χ1v) is 30.9. The number of halogens is 1. The summed E-state index contributed by atoms with van der Waals surface area (Å²) >= 11 is 1.65. The van der Waals surface area contributed by atoms with E-state index in [9.17, 15) is 57.5 Å². The molecule has 10 atom stereocenters. The largest absolute Gasteiger partial charge is 0.458 e. The highest BCUT2D eigenvalue weighted by atomic mass is 127. The molecule has 0 bridgehead atoms. The quantitative estimate of drug-likeness (QED) is 0.0897. The van der Waals surface area contributed by atoms with Crippen LogP contribution in [0.15, 0.2) is 27.4 Å². The van der Waals surface area contributed by atoms with Crippen molar-refractivity contribution < 1.29 is 71.4 Å². The highest BCUT2D eigenvalue weighted by Gasteiger charge is 2.46. The lowest BCUT2D eigenvalue weighted by Crippen LogP contribution is -2.61. The predicted molar refractivity (Wildman–Crippen MR) is 329 cm³/mol. The first kappa shape index (κ1) is 68.5. The van der Waals surface area contributed by atoms with Crippen LogP contribution in [0.1, 0.15) is 116 Å². The van der Waals surface area contributed by atoms with Crippen LogP contribution < -0.4 is 32.4 Å². The molecule has 4 saturated heterocycles. The van der Waals surface area contributed by atoms with Gasteiger partial charge in [-0.25, -0.2) is 14.6 Å². The number of cyclic esters (lactones) is 2. The topological polar surface area (TPSA) is 360 Å². The van der Waals surface area contributed by atoms with Crippen molar-refractivity contribution in [2.24, 2.45) is 23.7 Å². The number of esters is 2. The minimum Gasteiger partial charge on any atom is -0.458 e. The molecule has 0 saturated carbocycles. The number of benzene rings is 2. The summed E-state index contributed by atoms with van der Waals surface area (Å²) in [5.41, 5.74) is 3.16. The molecule has 1 aliphatic carbocycles. The van der Waals surface area contributed by atoms with E-state index in [1.54, 1.807) is 78.0 Å². The zero-order chi connectivity index (χ0) is 66.1. The average Bonchev–Trinajstić information content (AvgIpc) is 1.30. The SMILES string of the molecule is CC(C)[C@H]1C(=O)O[C@H](C)[C@H](NC(=O)c2c3nc4c(C(=O)N[C@@H]5C(=O)N[C@H](C(C)C)C(=O)N6CCC[C@H]6C(=O)N(C)CC(=O)N(C)[C@@H](C(C)C)C(=O)O[C@@H]5C)cccc4oc-3c(I)c(=O)c2N)C(=O)N[C@H](C(C)C)C(=O)N2CCC[C@H]2C(=O)N(C)CC(=O)N1C. The van der Waals surface area contributed by atoms with Crippen molar-refractivity contribution in [3.8, 4) is 11.5 Å². The Labute approximate surface area is 528 Å². The van der Waals surface area contributed by atoms with Crippen LogP contribution in [0.25, 0.3) is 22.6 Å². The van der Waals surface area contributed by atoms with E-state index in [-0.39, 0.29) is 51.9 Å². The summed E-state index contributed by atoms with van der Waals surface area (Å²) in [6.07, 6.45) is -1.65. The number of nitrogen functional groups attached to an aromatic ring is 1. The molecule has 5 aliphatic heterocycles. The first-order valence-electron chi connectivity index (χ1n) is 29.8. The molecule has 0 aromatic heterocycles. The zero-order valence-corrected chi connectivity index (χ0v) is 54.7. The Kier molecular flexibility index (Phi) is 21.4. The summed E-state index contributed by atoms with van der Waals surface area (Å²) in [6.45, 7) is 15.4. The number of ether oxygens (including phenoxy) is 2. The number of hydrogen-bond acceptors (Lipinski definition) is 18. The number of para-hydroxylation sites is 1. The Bertz CT molecular complexity index is 3370. The number of anilines is 1. The summed E-state index contributed by atoms with van der Waals surface area (Å²) in [4.78, 5) is 199. The normalized spacial score (nSPS) is 26.4. The molecular weight excluding hydrogens is 1270 g/mol. The molecule has 484 valence electrons. The molecule has 89 heavy (non-hydrogen) atoms. The van der Waals surface area contributed by atoms with E-state index in [2.05, 4.69) is 21.3 Å². The number of carbonyl (C=O) groups excluding carboxylic acids is 12. The Morgan fingerprint density at radius 3 is 1.47 bits per heavy atom. The number of rotatable bonds is 8. The van der Waals surface area contributed by atoms with Gasteiger partial charge in [-0.3, -0.25) is 52.7 Å². The molecule has 6 aliphatic rings. The van der Waals surface area contributed by atoms with Crippen molar-refractivity contribution in [2.75, 3.05) is 60.1 Å². The van der Waals surface area contributed by atoms with Gasteiger partial charge >= 0.3 is 11.9 Å². The highest BCUT2D eigenvalue weighted by Crippen LogP contribution is 2.35. The van der Waals surface area contributed by atoms with Gasteiger partial charge in [0, 0.05) is 41.3 Å². The fourth-order valence-electron chi connectivity index (χ4n) is 11.9. The van der Waals surface area contributed by atoms with E-state index < -0.39 is 191 Å². The Morgan fingerprint density at radius 1 is 0.629 bits per heavy atom. The molecule has 10 amide bonds. The number of aromatic nitrogens is 1. The lowest BCUT2D eigenvalue weighted by molar-refractivity contribution is -0.163. The minimum atomic E-state index is -1.88. The van der Waals surface area contributed by atoms with Crippen molar-refractivity contribution in [3.05, 3.63) is 43.1 Å². The Balaban J connectivity index is 1.30. The molecule has 29 heteroatoms. The molecule has 5 heterocycles. The smallest absolute Gasteiger partial charge is 0.329 e. The molecule has 0 spiro atoms. The lowest BCUT2D eigenvalue weighted by atomic mass is 9.99. The van der Waals surface area contributed by atoms with Crippen LogP contribution in [0.2, 0.25) is 0 Å². The molecule has 0 radical (unpaired) electrons. The van der Waals surface area contributed by atoms with Gasteiger partial charge in [-0.2, -0.15) is 0 Å². The van der Waals surface area contributed by atoms with Gasteiger partial charge in [0.25, 0.3) is 11.8 Å². The van der Waals surface area contributed by atoms with Crippen molar-refractivity contribution in [2.45, 2.75) is 155 Å². The van der Waals surface area contributed by atoms with E-state index in [4.69, 9.17) is 24.6 Å². The van der Waals surface area contributed by atoms with Gasteiger partial charge in [-0.1, -0.05) is 61.5 Å². The maximum atomic E-state index is 15.1. The first-order chi connectivity index (χ1) is 41.7. The standard InChI is InChI=1S/C60H81IN12O16/c1-26(2)41-57(83)72-22-16-19-33(72)55(81)68(11)24-36(74)70(13)47(28(5)6)59(85)87-30(9)43(53(79)64-41)66-51(77)32-18-15-21-35-45(32)63-46-38(40(62)49(76)39(61)50(46)89-35)52(78)67-44-31(10)88-60(86)48(29(7)8)71(14)37(75)25-69(12)56(82)34-20-17-23-73(34)58(84)42(27(3)4)65-54(44)80/h15,18,21,26-31,33-34,41-44,47-48H,16-17,19-20,22-25,62H2,1-14H3,(H,64,79)(H,65,80)(H,66,77)(H,67,78)/t30-,31-,33+,34+,41-,42-,43+,44+,47+,48+/m1/s1. The van der Waals surface area contributed by atoms with Gasteiger partial charge in [-0.15, -0.1) is 0 Å². The predicted octanol–water partition coefficient (Wildman–Crippen LogP) is 0.713. The summed E-state index contributed by atoms with van der Waals surface area (Å²) in [5.74, 6) is -12.4. The summed E-state index contributed by atoms with van der Waals surface area (Å²) in [6, 6.07) is -6.62. The molecule has 0 unspecified atom stereocenters. The van der Waals surface area contributed by atoms with E-state index in [1.807, 2.05) is 0 Å². The number of likely N-dealkylation sites (N-methyl/N-ethyl adjacent to an activating group) is 4.